The van der Waals surface area contributed by atoms with Crippen LogP contribution in [-0.2, 0) is 0 Å². The summed E-state index contributed by atoms with van der Waals surface area (Å²) in [4.78, 5) is 12.7. The number of amides is 1. The summed E-state index contributed by atoms with van der Waals surface area (Å²) in [6.07, 6.45) is 1.55. The van der Waals surface area contributed by atoms with Gasteiger partial charge in [-0.15, -0.1) is 10.2 Å². The Bertz CT molecular complexity index is 1140. The van der Waals surface area contributed by atoms with Crippen LogP contribution in [0.4, 0.5) is 5.69 Å². The highest BCUT2D eigenvalue weighted by Gasteiger charge is 2.14. The van der Waals surface area contributed by atoms with Crippen molar-refractivity contribution >= 4 is 17.2 Å². The smallest absolute Gasteiger partial charge is 0.259 e. The van der Waals surface area contributed by atoms with Gasteiger partial charge in [-0.1, -0.05) is 12.1 Å². The van der Waals surface area contributed by atoms with Crippen molar-refractivity contribution in [2.24, 2.45) is 0 Å². The Labute approximate surface area is 160 Å². The zero-order chi connectivity index (χ0) is 19.5. The van der Waals surface area contributed by atoms with Crippen molar-refractivity contribution < 1.29 is 14.3 Å². The number of carbonyl (C=O) groups excluding carboxylic acids is 1. The third-order valence-electron chi connectivity index (χ3n) is 4.25. The Kier molecular flexibility index (Phi) is 4.59. The number of rotatable bonds is 5. The monoisotopic (exact) mass is 375 g/mol. The minimum Gasteiger partial charge on any atom is -0.497 e. The van der Waals surface area contributed by atoms with E-state index < -0.39 is 0 Å². The van der Waals surface area contributed by atoms with Gasteiger partial charge in [0.05, 0.1) is 25.5 Å². The number of methoxy groups -OCH3 is 2. The quantitative estimate of drug-likeness (QED) is 0.576. The number of aromatic nitrogens is 4. The van der Waals surface area contributed by atoms with E-state index in [-0.39, 0.29) is 5.91 Å². The van der Waals surface area contributed by atoms with Crippen molar-refractivity contribution in [3.05, 3.63) is 66.5 Å². The summed E-state index contributed by atoms with van der Waals surface area (Å²) in [5, 5.41) is 15.1. The van der Waals surface area contributed by atoms with Crippen LogP contribution >= 0.6 is 0 Å². The Morgan fingerprint density at radius 3 is 2.57 bits per heavy atom. The van der Waals surface area contributed by atoms with Gasteiger partial charge in [-0.25, -0.2) is 0 Å². The number of benzene rings is 2. The van der Waals surface area contributed by atoms with Crippen molar-refractivity contribution in [2.75, 3.05) is 19.5 Å². The van der Waals surface area contributed by atoms with Gasteiger partial charge in [-0.2, -0.15) is 9.61 Å². The van der Waals surface area contributed by atoms with Crippen molar-refractivity contribution in [3.63, 3.8) is 0 Å². The van der Waals surface area contributed by atoms with E-state index in [0.717, 1.165) is 11.3 Å². The Hall–Kier alpha value is -3.94. The molecule has 2 aromatic heterocycles. The molecule has 0 radical (unpaired) electrons. The molecule has 2 heterocycles. The third-order valence-corrected chi connectivity index (χ3v) is 4.25. The van der Waals surface area contributed by atoms with Crippen LogP contribution in [0.25, 0.3) is 16.9 Å². The van der Waals surface area contributed by atoms with E-state index >= 15 is 0 Å². The molecule has 0 aliphatic carbocycles. The first-order valence-corrected chi connectivity index (χ1v) is 8.49. The number of fused-ring (bicyclic) bond motifs is 1. The highest BCUT2D eigenvalue weighted by atomic mass is 16.5. The van der Waals surface area contributed by atoms with Gasteiger partial charge in [0.25, 0.3) is 5.91 Å². The summed E-state index contributed by atoms with van der Waals surface area (Å²) in [7, 11) is 3.07. The molecule has 0 atom stereocenters. The first kappa shape index (κ1) is 17.5. The lowest BCUT2D eigenvalue weighted by Crippen LogP contribution is -2.13. The van der Waals surface area contributed by atoms with Crippen LogP contribution in [0.5, 0.6) is 11.5 Å². The molecule has 0 fully saturated rings. The predicted octanol–water partition coefficient (Wildman–Crippen LogP) is 3.06. The van der Waals surface area contributed by atoms with E-state index in [0.29, 0.717) is 28.4 Å². The topological polar surface area (TPSA) is 90.6 Å². The van der Waals surface area contributed by atoms with Crippen molar-refractivity contribution in [2.45, 2.75) is 0 Å². The number of nitrogens with one attached hydrogen (secondary N) is 1. The van der Waals surface area contributed by atoms with Crippen LogP contribution < -0.4 is 14.8 Å². The molecule has 0 saturated carbocycles. The Balaban J connectivity index is 1.55. The standard InChI is InChI=1S/C20H17N5O3/c1-27-15-7-9-18(28-2)16(11-15)20(26)22-14-5-3-13(4-6-14)17-8-10-19-23-21-12-25(19)24-17/h3-12H,1-2H3,(H,22,26). The maximum atomic E-state index is 12.7. The van der Waals surface area contributed by atoms with E-state index in [1.165, 1.54) is 7.11 Å². The van der Waals surface area contributed by atoms with Gasteiger partial charge in [0.2, 0.25) is 0 Å². The lowest BCUT2D eigenvalue weighted by atomic mass is 10.1. The van der Waals surface area contributed by atoms with Crippen molar-refractivity contribution in [1.29, 1.82) is 0 Å². The van der Waals surface area contributed by atoms with Gasteiger partial charge in [0.1, 0.15) is 17.8 Å². The fourth-order valence-electron chi connectivity index (χ4n) is 2.80. The van der Waals surface area contributed by atoms with Crippen LogP contribution in [0.2, 0.25) is 0 Å². The van der Waals surface area contributed by atoms with E-state index in [9.17, 15) is 4.79 Å². The molecule has 0 aliphatic heterocycles. The Morgan fingerprint density at radius 1 is 1.00 bits per heavy atom. The number of carbonyl (C=O) groups is 1. The summed E-state index contributed by atoms with van der Waals surface area (Å²) in [5.74, 6) is 0.769. The van der Waals surface area contributed by atoms with Gasteiger partial charge in [-0.05, 0) is 42.5 Å². The fourth-order valence-corrected chi connectivity index (χ4v) is 2.80. The average molecular weight is 375 g/mol. The largest absolute Gasteiger partial charge is 0.497 e. The normalized spacial score (nSPS) is 10.6. The fraction of sp³-hybridized carbons (Fsp3) is 0.100. The first-order chi connectivity index (χ1) is 13.7. The zero-order valence-electron chi connectivity index (χ0n) is 15.3. The number of anilines is 1. The lowest BCUT2D eigenvalue weighted by molar-refractivity contribution is 0.102. The van der Waals surface area contributed by atoms with Crippen LogP contribution in [0, 0.1) is 0 Å². The van der Waals surface area contributed by atoms with Crippen molar-refractivity contribution in [3.8, 4) is 22.8 Å². The SMILES string of the molecule is COc1ccc(OC)c(C(=O)Nc2ccc(-c3ccc4nncn4n3)cc2)c1. The van der Waals surface area contributed by atoms with Crippen LogP contribution in [0.3, 0.4) is 0 Å². The van der Waals surface area contributed by atoms with Crippen LogP contribution in [-0.4, -0.2) is 39.9 Å². The summed E-state index contributed by atoms with van der Waals surface area (Å²) in [6.45, 7) is 0. The molecule has 4 rings (SSSR count). The molecular weight excluding hydrogens is 358 g/mol. The highest BCUT2D eigenvalue weighted by Crippen LogP contribution is 2.25. The molecule has 0 saturated heterocycles. The molecule has 1 N–H and O–H groups in total. The molecule has 0 aliphatic rings. The zero-order valence-corrected chi connectivity index (χ0v) is 15.3. The molecule has 8 heteroatoms. The number of hydrogen-bond acceptors (Lipinski definition) is 6. The summed E-state index contributed by atoms with van der Waals surface area (Å²) in [5.41, 5.74) is 3.42. The van der Waals surface area contributed by atoms with E-state index in [2.05, 4.69) is 20.6 Å². The second-order valence-electron chi connectivity index (χ2n) is 5.95. The van der Waals surface area contributed by atoms with Crippen LogP contribution in [0.1, 0.15) is 10.4 Å². The highest BCUT2D eigenvalue weighted by molar-refractivity contribution is 6.06. The minimum atomic E-state index is -0.285. The van der Waals surface area contributed by atoms with Gasteiger partial charge < -0.3 is 14.8 Å². The average Bonchev–Trinajstić information content (AvgIpc) is 3.21. The molecule has 140 valence electrons. The molecule has 2 aromatic carbocycles. The van der Waals surface area contributed by atoms with E-state index in [4.69, 9.17) is 9.47 Å². The summed E-state index contributed by atoms with van der Waals surface area (Å²) < 4.78 is 12.1. The third kappa shape index (κ3) is 3.35. The van der Waals surface area contributed by atoms with Crippen LogP contribution in [0.15, 0.2) is 60.9 Å². The maximum absolute atomic E-state index is 12.7. The summed E-state index contributed by atoms with van der Waals surface area (Å²) in [6, 6.07) is 16.2. The number of ether oxygens (including phenoxy) is 2. The minimum absolute atomic E-state index is 0.285. The molecule has 0 bridgehead atoms. The number of hydrogen-bond donors (Lipinski definition) is 1. The molecule has 8 nitrogen and oxygen atoms in total. The summed E-state index contributed by atoms with van der Waals surface area (Å²) >= 11 is 0. The van der Waals surface area contributed by atoms with Gasteiger partial charge >= 0.3 is 0 Å². The first-order valence-electron chi connectivity index (χ1n) is 8.49. The van der Waals surface area contributed by atoms with Gasteiger partial charge in [-0.3, -0.25) is 4.79 Å². The van der Waals surface area contributed by atoms with E-state index in [1.54, 1.807) is 36.2 Å². The molecule has 28 heavy (non-hydrogen) atoms. The number of nitrogens with zero attached hydrogens (tertiary/aromatic N) is 4. The molecule has 0 spiro atoms. The Morgan fingerprint density at radius 2 is 1.82 bits per heavy atom. The second-order valence-corrected chi connectivity index (χ2v) is 5.95. The molecule has 4 aromatic rings. The molecule has 1 amide bonds. The van der Waals surface area contributed by atoms with E-state index in [1.807, 2.05) is 36.4 Å². The second kappa shape index (κ2) is 7.36. The molecule has 0 unspecified atom stereocenters. The molecular formula is C20H17N5O3. The van der Waals surface area contributed by atoms with Gasteiger partial charge in [0, 0.05) is 11.3 Å². The maximum Gasteiger partial charge on any atom is 0.259 e. The van der Waals surface area contributed by atoms with Gasteiger partial charge in [0.15, 0.2) is 5.65 Å². The predicted molar refractivity (Wildman–Crippen MR) is 104 cm³/mol. The lowest BCUT2D eigenvalue weighted by Gasteiger charge is -2.11. The van der Waals surface area contributed by atoms with Crippen molar-refractivity contribution in [1.82, 2.24) is 19.8 Å².